The van der Waals surface area contributed by atoms with Gasteiger partial charge in [0.2, 0.25) is 0 Å². The lowest BCUT2D eigenvalue weighted by Gasteiger charge is -2.05. The van der Waals surface area contributed by atoms with Crippen molar-refractivity contribution in [2.45, 2.75) is 6.42 Å². The zero-order valence-corrected chi connectivity index (χ0v) is 12.1. The first-order chi connectivity index (χ1) is 10.6. The van der Waals surface area contributed by atoms with Gasteiger partial charge in [0, 0.05) is 30.7 Å². The quantitative estimate of drug-likeness (QED) is 0.584. The molecule has 0 aliphatic carbocycles. The van der Waals surface area contributed by atoms with Crippen molar-refractivity contribution in [3.8, 4) is 5.75 Å². The topological polar surface area (TPSA) is 98.0 Å². The van der Waals surface area contributed by atoms with Crippen molar-refractivity contribution in [1.82, 2.24) is 5.32 Å². The normalized spacial score (nSPS) is 10.6. The monoisotopic (exact) mass is 307 g/mol. The number of amides is 1. The van der Waals surface area contributed by atoms with Crippen molar-refractivity contribution in [1.29, 1.82) is 0 Å². The average Bonchev–Trinajstić information content (AvgIpc) is 2.87. The molecular formula is C15H17NO6. The Morgan fingerprint density at radius 2 is 2.18 bits per heavy atom. The Labute approximate surface area is 126 Å². The minimum Gasteiger partial charge on any atom is -0.508 e. The molecule has 0 saturated heterocycles. The third-order valence-corrected chi connectivity index (χ3v) is 2.97. The van der Waals surface area contributed by atoms with E-state index in [1.165, 1.54) is 25.5 Å². The van der Waals surface area contributed by atoms with E-state index < -0.39 is 5.97 Å². The van der Waals surface area contributed by atoms with E-state index in [9.17, 15) is 14.7 Å². The second kappa shape index (κ2) is 7.46. The number of ether oxygens (including phenoxy) is 2. The molecule has 0 aliphatic rings. The lowest BCUT2D eigenvalue weighted by Crippen LogP contribution is -2.31. The van der Waals surface area contributed by atoms with Crippen LogP contribution in [0.2, 0.25) is 0 Å². The van der Waals surface area contributed by atoms with E-state index in [-0.39, 0.29) is 24.7 Å². The van der Waals surface area contributed by atoms with Gasteiger partial charge in [-0.05, 0) is 12.1 Å². The van der Waals surface area contributed by atoms with Crippen molar-refractivity contribution in [3.63, 3.8) is 0 Å². The van der Waals surface area contributed by atoms with Gasteiger partial charge in [-0.1, -0.05) is 0 Å². The van der Waals surface area contributed by atoms with Gasteiger partial charge < -0.3 is 24.3 Å². The number of hydrogen-bond acceptors (Lipinski definition) is 6. The lowest BCUT2D eigenvalue weighted by molar-refractivity contribution is -0.147. The van der Waals surface area contributed by atoms with Gasteiger partial charge in [-0.15, -0.1) is 0 Å². The number of phenols is 1. The Morgan fingerprint density at radius 3 is 2.95 bits per heavy atom. The molecule has 0 saturated carbocycles. The lowest BCUT2D eigenvalue weighted by atomic mass is 10.1. The van der Waals surface area contributed by atoms with Crippen LogP contribution in [0.1, 0.15) is 5.56 Å². The fraction of sp³-hybridized carbons (Fsp3) is 0.333. The summed E-state index contributed by atoms with van der Waals surface area (Å²) in [7, 11) is 1.53. The zero-order valence-electron chi connectivity index (χ0n) is 12.1. The highest BCUT2D eigenvalue weighted by Gasteiger charge is 2.13. The number of furan rings is 1. The molecule has 7 nitrogen and oxygen atoms in total. The fourth-order valence-electron chi connectivity index (χ4n) is 1.90. The summed E-state index contributed by atoms with van der Waals surface area (Å²) < 4.78 is 14.9. The molecule has 2 rings (SSSR count). The Morgan fingerprint density at radius 1 is 1.36 bits per heavy atom. The van der Waals surface area contributed by atoms with E-state index in [4.69, 9.17) is 13.9 Å². The van der Waals surface area contributed by atoms with Crippen molar-refractivity contribution >= 4 is 22.8 Å². The number of rotatable bonds is 7. The molecule has 0 unspecified atom stereocenters. The van der Waals surface area contributed by atoms with Gasteiger partial charge in [0.15, 0.2) is 6.61 Å². The second-order valence-corrected chi connectivity index (χ2v) is 4.62. The van der Waals surface area contributed by atoms with Crippen molar-refractivity contribution < 1.29 is 28.6 Å². The minimum atomic E-state index is -0.530. The SMILES string of the molecule is COCCNC(=O)COC(=O)Cc1coc2cc(O)ccc12. The first-order valence-electron chi connectivity index (χ1n) is 6.70. The number of benzene rings is 1. The smallest absolute Gasteiger partial charge is 0.310 e. The Balaban J connectivity index is 1.85. The third-order valence-electron chi connectivity index (χ3n) is 2.97. The highest BCUT2D eigenvalue weighted by molar-refractivity contribution is 5.87. The Kier molecular flexibility index (Phi) is 5.37. The molecule has 118 valence electrons. The predicted molar refractivity (Wildman–Crippen MR) is 77.4 cm³/mol. The van der Waals surface area contributed by atoms with E-state index in [1.54, 1.807) is 6.07 Å². The maximum absolute atomic E-state index is 11.7. The van der Waals surface area contributed by atoms with Crippen LogP contribution >= 0.6 is 0 Å². The number of phenolic OH excluding ortho intramolecular Hbond substituents is 1. The van der Waals surface area contributed by atoms with Crippen LogP contribution in [0.25, 0.3) is 11.0 Å². The van der Waals surface area contributed by atoms with Crippen molar-refractivity contribution in [2.75, 3.05) is 26.9 Å². The van der Waals surface area contributed by atoms with Crippen LogP contribution in [0.5, 0.6) is 5.75 Å². The summed E-state index contributed by atoms with van der Waals surface area (Å²) in [5, 5.41) is 12.6. The molecule has 0 fully saturated rings. The predicted octanol–water partition coefficient (Wildman–Crippen LogP) is 0.987. The van der Waals surface area contributed by atoms with Crippen molar-refractivity contribution in [2.24, 2.45) is 0 Å². The first kappa shape index (κ1) is 15.8. The van der Waals surface area contributed by atoms with Gasteiger partial charge in [-0.2, -0.15) is 0 Å². The summed E-state index contributed by atoms with van der Waals surface area (Å²) in [5.41, 5.74) is 1.12. The van der Waals surface area contributed by atoms with Crippen molar-refractivity contribution in [3.05, 3.63) is 30.0 Å². The maximum atomic E-state index is 11.7. The summed E-state index contributed by atoms with van der Waals surface area (Å²) in [4.78, 5) is 23.1. The molecule has 0 spiro atoms. The van der Waals surface area contributed by atoms with E-state index in [0.717, 1.165) is 5.39 Å². The van der Waals surface area contributed by atoms with Gasteiger partial charge in [-0.3, -0.25) is 9.59 Å². The van der Waals surface area contributed by atoms with Crippen LogP contribution in [0.15, 0.2) is 28.9 Å². The fourth-order valence-corrected chi connectivity index (χ4v) is 1.90. The summed E-state index contributed by atoms with van der Waals surface area (Å²) in [6.45, 7) is 0.426. The van der Waals surface area contributed by atoms with Gasteiger partial charge in [0.05, 0.1) is 19.3 Å². The number of nitrogens with one attached hydrogen (secondary N) is 1. The molecule has 22 heavy (non-hydrogen) atoms. The summed E-state index contributed by atoms with van der Waals surface area (Å²) in [6, 6.07) is 4.64. The average molecular weight is 307 g/mol. The number of carbonyl (C=O) groups is 2. The van der Waals surface area contributed by atoms with E-state index in [0.29, 0.717) is 24.3 Å². The van der Waals surface area contributed by atoms with E-state index in [2.05, 4.69) is 5.32 Å². The number of methoxy groups -OCH3 is 1. The molecule has 1 aromatic heterocycles. The van der Waals surface area contributed by atoms with Crippen LogP contribution in [0, 0.1) is 0 Å². The Hall–Kier alpha value is -2.54. The van der Waals surface area contributed by atoms with Crippen LogP contribution in [-0.2, 0) is 25.5 Å². The molecule has 0 aliphatic heterocycles. The molecular weight excluding hydrogens is 290 g/mol. The van der Waals surface area contributed by atoms with Gasteiger partial charge in [0.1, 0.15) is 11.3 Å². The number of esters is 1. The molecule has 0 atom stereocenters. The molecule has 1 aromatic carbocycles. The molecule has 2 aromatic rings. The van der Waals surface area contributed by atoms with Crippen LogP contribution < -0.4 is 5.32 Å². The third kappa shape index (κ3) is 4.23. The highest BCUT2D eigenvalue weighted by Crippen LogP contribution is 2.25. The molecule has 1 amide bonds. The van der Waals surface area contributed by atoms with Crippen LogP contribution in [-0.4, -0.2) is 43.9 Å². The molecule has 1 heterocycles. The molecule has 7 heteroatoms. The van der Waals surface area contributed by atoms with Crippen LogP contribution in [0.4, 0.5) is 0 Å². The largest absolute Gasteiger partial charge is 0.508 e. The van der Waals surface area contributed by atoms with Gasteiger partial charge >= 0.3 is 5.97 Å². The molecule has 2 N–H and O–H groups in total. The molecule has 0 radical (unpaired) electrons. The second-order valence-electron chi connectivity index (χ2n) is 4.62. The first-order valence-corrected chi connectivity index (χ1v) is 6.70. The number of hydrogen-bond donors (Lipinski definition) is 2. The van der Waals surface area contributed by atoms with Crippen LogP contribution in [0.3, 0.4) is 0 Å². The Bertz CT molecular complexity index is 663. The standard InChI is InChI=1S/C15H17NO6/c1-20-5-4-16-14(18)9-22-15(19)6-10-8-21-13-7-11(17)2-3-12(10)13/h2-3,7-8,17H,4-6,9H2,1H3,(H,16,18). The number of aromatic hydroxyl groups is 1. The number of fused-ring (bicyclic) bond motifs is 1. The van der Waals surface area contributed by atoms with Gasteiger partial charge in [0.25, 0.3) is 5.91 Å². The van der Waals surface area contributed by atoms with E-state index in [1.807, 2.05) is 0 Å². The maximum Gasteiger partial charge on any atom is 0.310 e. The molecule has 0 bridgehead atoms. The van der Waals surface area contributed by atoms with E-state index >= 15 is 0 Å². The minimum absolute atomic E-state index is 0.0108. The van der Waals surface area contributed by atoms with Gasteiger partial charge in [-0.25, -0.2) is 0 Å². The summed E-state index contributed by atoms with van der Waals surface area (Å²) in [6.07, 6.45) is 1.42. The highest BCUT2D eigenvalue weighted by atomic mass is 16.5. The zero-order chi connectivity index (χ0) is 15.9. The summed E-state index contributed by atoms with van der Waals surface area (Å²) in [5.74, 6) is -0.825. The number of carbonyl (C=O) groups excluding carboxylic acids is 2. The summed E-state index contributed by atoms with van der Waals surface area (Å²) >= 11 is 0.